The zero-order chi connectivity index (χ0) is 25.2. The van der Waals surface area contributed by atoms with Crippen molar-refractivity contribution >= 4 is 39.5 Å². The van der Waals surface area contributed by atoms with Gasteiger partial charge in [0.25, 0.3) is 5.91 Å². The summed E-state index contributed by atoms with van der Waals surface area (Å²) < 4.78 is 32.5. The second-order valence-corrected chi connectivity index (χ2v) is 12.0. The molecule has 0 radical (unpaired) electrons. The quantitative estimate of drug-likeness (QED) is 0.566. The second-order valence-electron chi connectivity index (χ2n) is 9.62. The fraction of sp³-hybridized carbons (Fsp3) is 0.609. The smallest absolute Gasteiger partial charge is 0.433 e. The van der Waals surface area contributed by atoms with Gasteiger partial charge in [0.1, 0.15) is 11.4 Å². The molecule has 4 rings (SSSR count). The van der Waals surface area contributed by atoms with Crippen LogP contribution in [-0.4, -0.2) is 74.0 Å². The van der Waals surface area contributed by atoms with Crippen molar-refractivity contribution in [3.05, 3.63) is 29.3 Å². The Morgan fingerprint density at radius 2 is 2.03 bits per heavy atom. The van der Waals surface area contributed by atoms with Crippen LogP contribution in [0.1, 0.15) is 39.5 Å². The third-order valence-electron chi connectivity index (χ3n) is 6.49. The number of hydroxylamine groups is 2. The zero-order valence-corrected chi connectivity index (χ0v) is 21.5. The van der Waals surface area contributed by atoms with Gasteiger partial charge in [-0.05, 0) is 49.8 Å². The lowest BCUT2D eigenvalue weighted by molar-refractivity contribution is -0.143. The normalized spacial score (nSPS) is 23.3. The summed E-state index contributed by atoms with van der Waals surface area (Å²) in [5.74, 6) is 0.479. The molecule has 0 aromatic heterocycles. The fourth-order valence-electron chi connectivity index (χ4n) is 4.56. The van der Waals surface area contributed by atoms with Gasteiger partial charge in [0.05, 0.1) is 11.5 Å². The number of nitrogens with zero attached hydrogens (tertiary/aromatic N) is 3. The van der Waals surface area contributed by atoms with E-state index < -0.39 is 21.7 Å². The number of carbonyl (C=O) groups is 2. The minimum atomic E-state index is -3.71. The summed E-state index contributed by atoms with van der Waals surface area (Å²) in [5, 5.41) is 4.82. The van der Waals surface area contributed by atoms with Gasteiger partial charge in [0.2, 0.25) is 10.0 Å². The minimum absolute atomic E-state index is 0.0989. The van der Waals surface area contributed by atoms with E-state index in [-0.39, 0.29) is 55.2 Å². The molecule has 1 N–H and O–H groups in total. The van der Waals surface area contributed by atoms with E-state index in [1.807, 2.05) is 13.8 Å². The Hall–Kier alpha value is -2.21. The molecular weight excluding hydrogens is 496 g/mol. The first-order valence-corrected chi connectivity index (χ1v) is 13.7. The number of benzene rings is 1. The second kappa shape index (κ2) is 10.4. The minimum Gasteiger partial charge on any atom is -0.433 e. The number of halogens is 1. The molecule has 2 fully saturated rings. The van der Waals surface area contributed by atoms with E-state index in [2.05, 4.69) is 5.32 Å². The summed E-state index contributed by atoms with van der Waals surface area (Å²) in [5.41, 5.74) is -0.977. The summed E-state index contributed by atoms with van der Waals surface area (Å²) in [4.78, 5) is 35.1. The maximum absolute atomic E-state index is 13.0. The van der Waals surface area contributed by atoms with Crippen molar-refractivity contribution in [2.45, 2.75) is 50.0 Å². The van der Waals surface area contributed by atoms with Crippen LogP contribution in [0, 0.1) is 11.8 Å². The summed E-state index contributed by atoms with van der Waals surface area (Å²) in [6.07, 6.45) is 1.41. The molecule has 3 heterocycles. The molecule has 2 saturated heterocycles. The molecule has 192 valence electrons. The van der Waals surface area contributed by atoms with Crippen molar-refractivity contribution in [2.75, 3.05) is 32.8 Å². The summed E-state index contributed by atoms with van der Waals surface area (Å²) in [6, 6.07) is 6.16. The first-order valence-electron chi connectivity index (χ1n) is 11.9. The van der Waals surface area contributed by atoms with Gasteiger partial charge in [-0.15, -0.1) is 5.06 Å². The van der Waals surface area contributed by atoms with Crippen molar-refractivity contribution in [3.8, 4) is 0 Å². The van der Waals surface area contributed by atoms with Gasteiger partial charge in [0.15, 0.2) is 0 Å². The molecule has 1 spiro atoms. The molecule has 0 aliphatic carbocycles. The Bertz CT molecular complexity index is 1100. The number of hydrogen-bond donors (Lipinski definition) is 1. The highest BCUT2D eigenvalue weighted by atomic mass is 35.5. The monoisotopic (exact) mass is 526 g/mol. The van der Waals surface area contributed by atoms with Crippen molar-refractivity contribution in [2.24, 2.45) is 16.8 Å². The SMILES string of the molecule is CC(C)COC(=O)ON1CCCC(C2=NC3(CCN(S(=O)(=O)c4cccc(Cl)c4)CC3)C(=O)N2)C1. The van der Waals surface area contributed by atoms with Crippen LogP contribution in [-0.2, 0) is 24.4 Å². The summed E-state index contributed by atoms with van der Waals surface area (Å²) in [7, 11) is -3.71. The number of sulfonamides is 1. The van der Waals surface area contributed by atoms with Gasteiger partial charge < -0.3 is 14.9 Å². The van der Waals surface area contributed by atoms with E-state index >= 15 is 0 Å². The van der Waals surface area contributed by atoms with E-state index in [1.54, 1.807) is 17.2 Å². The van der Waals surface area contributed by atoms with Gasteiger partial charge in [-0.1, -0.05) is 31.5 Å². The van der Waals surface area contributed by atoms with Crippen LogP contribution < -0.4 is 5.32 Å². The molecular formula is C23H31ClN4O6S. The zero-order valence-electron chi connectivity index (χ0n) is 19.9. The maximum atomic E-state index is 13.0. The molecule has 1 unspecified atom stereocenters. The van der Waals surface area contributed by atoms with Gasteiger partial charge >= 0.3 is 6.16 Å². The Kier molecular flexibility index (Phi) is 7.70. The van der Waals surface area contributed by atoms with Crippen LogP contribution in [0.25, 0.3) is 0 Å². The van der Waals surface area contributed by atoms with Crippen molar-refractivity contribution in [1.29, 1.82) is 0 Å². The molecule has 12 heteroatoms. The Balaban J connectivity index is 1.38. The van der Waals surface area contributed by atoms with Crippen LogP contribution in [0.15, 0.2) is 34.2 Å². The fourth-order valence-corrected chi connectivity index (χ4v) is 6.31. The van der Waals surface area contributed by atoms with Crippen LogP contribution in [0.2, 0.25) is 5.02 Å². The van der Waals surface area contributed by atoms with E-state index in [4.69, 9.17) is 26.2 Å². The summed E-state index contributed by atoms with van der Waals surface area (Å²) in [6.45, 7) is 5.51. The molecule has 10 nitrogen and oxygen atoms in total. The lowest BCUT2D eigenvalue weighted by Gasteiger charge is -2.34. The Morgan fingerprint density at radius 1 is 1.29 bits per heavy atom. The maximum Gasteiger partial charge on any atom is 0.527 e. The molecule has 3 aliphatic heterocycles. The highest BCUT2D eigenvalue weighted by molar-refractivity contribution is 7.89. The predicted molar refractivity (Wildman–Crippen MR) is 129 cm³/mol. The average Bonchev–Trinajstić information content (AvgIpc) is 3.13. The molecule has 1 atom stereocenters. The summed E-state index contributed by atoms with van der Waals surface area (Å²) >= 11 is 5.97. The van der Waals surface area contributed by atoms with Crippen molar-refractivity contribution in [3.63, 3.8) is 0 Å². The van der Waals surface area contributed by atoms with Crippen LogP contribution in [0.4, 0.5) is 4.79 Å². The third-order valence-corrected chi connectivity index (χ3v) is 8.62. The van der Waals surface area contributed by atoms with Crippen LogP contribution >= 0.6 is 11.6 Å². The number of carbonyl (C=O) groups excluding carboxylic acids is 2. The average molecular weight is 527 g/mol. The standard InChI is InChI=1S/C23H31ClN4O6S/c1-16(2)15-33-22(30)34-27-10-4-5-17(14-27)20-25-21(29)23(26-20)8-11-28(12-9-23)35(31,32)19-7-3-6-18(24)13-19/h3,6-7,13,16-17H,4-5,8-12,14-15H2,1-2H3,(H,25,26,29). The van der Waals surface area contributed by atoms with Gasteiger partial charge in [-0.25, -0.2) is 13.2 Å². The third kappa shape index (κ3) is 5.79. The lowest BCUT2D eigenvalue weighted by atomic mass is 9.89. The molecule has 1 amide bonds. The van der Waals surface area contributed by atoms with E-state index in [0.29, 0.717) is 23.9 Å². The number of rotatable bonds is 6. The van der Waals surface area contributed by atoms with Gasteiger partial charge in [-0.2, -0.15) is 4.31 Å². The van der Waals surface area contributed by atoms with Gasteiger partial charge in [-0.3, -0.25) is 9.79 Å². The van der Waals surface area contributed by atoms with Crippen LogP contribution in [0.3, 0.4) is 0 Å². The first-order chi connectivity index (χ1) is 16.6. The Morgan fingerprint density at radius 3 is 2.71 bits per heavy atom. The predicted octanol–water partition coefficient (Wildman–Crippen LogP) is 2.83. The lowest BCUT2D eigenvalue weighted by Crippen LogP contribution is -2.50. The Labute approximate surface area is 210 Å². The molecule has 0 saturated carbocycles. The molecule has 35 heavy (non-hydrogen) atoms. The van der Waals surface area contributed by atoms with Crippen molar-refractivity contribution in [1.82, 2.24) is 14.7 Å². The van der Waals surface area contributed by atoms with E-state index in [0.717, 1.165) is 12.8 Å². The molecule has 1 aromatic carbocycles. The van der Waals surface area contributed by atoms with Gasteiger partial charge in [0, 0.05) is 37.1 Å². The number of amides is 1. The van der Waals surface area contributed by atoms with Crippen LogP contribution in [0.5, 0.6) is 0 Å². The number of aliphatic imine (C=N–C) groups is 1. The number of hydrogen-bond acceptors (Lipinski definition) is 8. The van der Waals surface area contributed by atoms with E-state index in [9.17, 15) is 18.0 Å². The number of amidine groups is 1. The molecule has 0 bridgehead atoms. The van der Waals surface area contributed by atoms with Crippen molar-refractivity contribution < 1.29 is 27.6 Å². The number of piperidine rings is 2. The first kappa shape index (κ1) is 25.9. The molecule has 3 aliphatic rings. The molecule has 1 aromatic rings. The highest BCUT2D eigenvalue weighted by Crippen LogP contribution is 2.34. The largest absolute Gasteiger partial charge is 0.527 e. The topological polar surface area (TPSA) is 118 Å². The highest BCUT2D eigenvalue weighted by Gasteiger charge is 2.49. The van der Waals surface area contributed by atoms with E-state index in [1.165, 1.54) is 16.4 Å². The number of ether oxygens (including phenoxy) is 1. The number of nitrogens with one attached hydrogen (secondary N) is 1.